The molecule has 1 aromatic heterocycles. The van der Waals surface area contributed by atoms with Gasteiger partial charge in [-0.15, -0.1) is 0 Å². The van der Waals surface area contributed by atoms with Crippen LogP contribution in [0.15, 0.2) is 47.1 Å². The van der Waals surface area contributed by atoms with Crippen molar-refractivity contribution in [2.24, 2.45) is 0 Å². The number of amides is 1. The van der Waals surface area contributed by atoms with E-state index in [2.05, 4.69) is 33.2 Å². The molecule has 1 aliphatic carbocycles. The average Bonchev–Trinajstić information content (AvgIpc) is 2.59. The van der Waals surface area contributed by atoms with Crippen LogP contribution >= 0.6 is 15.9 Å². The van der Waals surface area contributed by atoms with Crippen molar-refractivity contribution in [2.45, 2.75) is 44.6 Å². The maximum absolute atomic E-state index is 12.9. The Morgan fingerprint density at radius 2 is 2.04 bits per heavy atom. The molecule has 0 unspecified atom stereocenters. The van der Waals surface area contributed by atoms with Crippen molar-refractivity contribution < 1.29 is 9.53 Å². The maximum atomic E-state index is 12.9. The number of benzene rings is 1. The van der Waals surface area contributed by atoms with Gasteiger partial charge in [-0.3, -0.25) is 4.79 Å². The first-order chi connectivity index (χ1) is 12.2. The van der Waals surface area contributed by atoms with E-state index in [1.165, 1.54) is 0 Å². The summed E-state index contributed by atoms with van der Waals surface area (Å²) in [5.74, 6) is 0.697. The Bertz CT molecular complexity index is 727. The molecule has 0 aliphatic heterocycles. The number of hydrogen-bond donors (Lipinski definition) is 1. The lowest BCUT2D eigenvalue weighted by Gasteiger charge is -2.40. The number of pyridine rings is 1. The summed E-state index contributed by atoms with van der Waals surface area (Å²) in [5, 5.41) is 3.10. The third-order valence-corrected chi connectivity index (χ3v) is 5.30. The van der Waals surface area contributed by atoms with Crippen molar-refractivity contribution in [3.8, 4) is 5.88 Å². The van der Waals surface area contributed by atoms with E-state index in [-0.39, 0.29) is 5.91 Å². The Kier molecular flexibility index (Phi) is 5.74. The van der Waals surface area contributed by atoms with E-state index in [0.717, 1.165) is 41.3 Å². The van der Waals surface area contributed by atoms with Crippen LogP contribution < -0.4 is 10.1 Å². The Balaban J connectivity index is 1.70. The monoisotopic (exact) mass is 402 g/mol. The molecule has 3 rings (SSSR count). The van der Waals surface area contributed by atoms with Crippen LogP contribution in [0.5, 0.6) is 5.88 Å². The fourth-order valence-corrected chi connectivity index (χ4v) is 3.44. The molecule has 4 nitrogen and oxygen atoms in total. The molecule has 0 bridgehead atoms. The molecule has 1 aromatic carbocycles. The van der Waals surface area contributed by atoms with Gasteiger partial charge in [-0.2, -0.15) is 0 Å². The summed E-state index contributed by atoms with van der Waals surface area (Å²) in [6, 6.07) is 11.9. The van der Waals surface area contributed by atoms with E-state index < -0.39 is 5.41 Å². The molecular weight excluding hydrogens is 380 g/mol. The molecule has 0 spiro atoms. The third-order valence-electron chi connectivity index (χ3n) is 4.77. The van der Waals surface area contributed by atoms with E-state index in [0.29, 0.717) is 19.0 Å². The first-order valence-corrected chi connectivity index (χ1v) is 9.56. The number of hydrogen-bond acceptors (Lipinski definition) is 3. The number of nitrogens with zero attached hydrogens (tertiary/aromatic N) is 1. The van der Waals surface area contributed by atoms with E-state index in [1.54, 1.807) is 6.20 Å². The molecule has 25 heavy (non-hydrogen) atoms. The van der Waals surface area contributed by atoms with Crippen molar-refractivity contribution in [1.29, 1.82) is 0 Å². The van der Waals surface area contributed by atoms with Crippen molar-refractivity contribution in [2.75, 3.05) is 6.61 Å². The van der Waals surface area contributed by atoms with Gasteiger partial charge < -0.3 is 10.1 Å². The Morgan fingerprint density at radius 1 is 1.28 bits per heavy atom. The number of halogens is 1. The highest BCUT2D eigenvalue weighted by Crippen LogP contribution is 2.44. The lowest BCUT2D eigenvalue weighted by Crippen LogP contribution is -2.49. The van der Waals surface area contributed by atoms with Crippen LogP contribution in [0.1, 0.15) is 43.7 Å². The third kappa shape index (κ3) is 3.87. The van der Waals surface area contributed by atoms with E-state index in [4.69, 9.17) is 4.74 Å². The molecule has 1 aliphatic rings. The molecule has 1 N–H and O–H groups in total. The molecule has 1 saturated carbocycles. The number of ether oxygens (including phenoxy) is 1. The van der Waals surface area contributed by atoms with Gasteiger partial charge in [0.25, 0.3) is 0 Å². The maximum Gasteiger partial charge on any atom is 0.230 e. The zero-order chi connectivity index (χ0) is 17.7. The summed E-state index contributed by atoms with van der Waals surface area (Å²) in [7, 11) is 0. The van der Waals surface area contributed by atoms with Gasteiger partial charge in [0, 0.05) is 22.8 Å². The van der Waals surface area contributed by atoms with Crippen LogP contribution in [0.3, 0.4) is 0 Å². The van der Waals surface area contributed by atoms with Gasteiger partial charge in [-0.25, -0.2) is 4.98 Å². The molecule has 1 amide bonds. The molecule has 2 aromatic rings. The summed E-state index contributed by atoms with van der Waals surface area (Å²) in [5.41, 5.74) is 1.61. The van der Waals surface area contributed by atoms with Crippen LogP contribution in [0.2, 0.25) is 0 Å². The molecule has 132 valence electrons. The van der Waals surface area contributed by atoms with Gasteiger partial charge >= 0.3 is 0 Å². The number of aromatic nitrogens is 1. The van der Waals surface area contributed by atoms with E-state index in [9.17, 15) is 4.79 Å². The van der Waals surface area contributed by atoms with Gasteiger partial charge in [0.2, 0.25) is 11.8 Å². The van der Waals surface area contributed by atoms with Crippen LogP contribution in [-0.4, -0.2) is 17.5 Å². The minimum atomic E-state index is -0.395. The molecule has 0 radical (unpaired) electrons. The Hall–Kier alpha value is -1.88. The van der Waals surface area contributed by atoms with Crippen LogP contribution in [0.4, 0.5) is 0 Å². The summed E-state index contributed by atoms with van der Waals surface area (Å²) >= 11 is 3.46. The second kappa shape index (κ2) is 8.00. The van der Waals surface area contributed by atoms with Crippen molar-refractivity contribution in [3.05, 3.63) is 58.2 Å². The molecular formula is C20H23BrN2O2. The zero-order valence-electron chi connectivity index (χ0n) is 14.4. The first kappa shape index (κ1) is 17.9. The van der Waals surface area contributed by atoms with E-state index in [1.807, 2.05) is 36.4 Å². The smallest absolute Gasteiger partial charge is 0.230 e. The second-order valence-electron chi connectivity index (χ2n) is 6.44. The van der Waals surface area contributed by atoms with Crippen molar-refractivity contribution >= 4 is 21.8 Å². The topological polar surface area (TPSA) is 51.2 Å². The summed E-state index contributed by atoms with van der Waals surface area (Å²) < 4.78 is 6.70. The predicted molar refractivity (Wildman–Crippen MR) is 102 cm³/mol. The standard InChI is InChI=1S/C20H23BrN2O2/c1-2-13-25-18-15(5-3-12-22-18)14-23-19(24)20(10-4-11-20)16-6-8-17(21)9-7-16/h3,5-9,12H,2,4,10-11,13-14H2,1H3,(H,23,24). The fraction of sp³-hybridized carbons (Fsp3) is 0.400. The zero-order valence-corrected chi connectivity index (χ0v) is 16.0. The van der Waals surface area contributed by atoms with Crippen LogP contribution in [0.25, 0.3) is 0 Å². The molecule has 1 fully saturated rings. The summed E-state index contributed by atoms with van der Waals surface area (Å²) in [4.78, 5) is 17.2. The highest BCUT2D eigenvalue weighted by molar-refractivity contribution is 9.10. The molecule has 5 heteroatoms. The summed E-state index contributed by atoms with van der Waals surface area (Å²) in [6.07, 6.45) is 5.52. The lowest BCUT2D eigenvalue weighted by atomic mass is 9.64. The average molecular weight is 403 g/mol. The SMILES string of the molecule is CCCOc1ncccc1CNC(=O)C1(c2ccc(Br)cc2)CCC1. The van der Waals surface area contributed by atoms with E-state index >= 15 is 0 Å². The normalized spacial score (nSPS) is 15.3. The minimum Gasteiger partial charge on any atom is -0.477 e. The van der Waals surface area contributed by atoms with Crippen LogP contribution in [-0.2, 0) is 16.8 Å². The Labute approximate surface area is 157 Å². The molecule has 0 atom stereocenters. The van der Waals surface area contributed by atoms with Crippen LogP contribution in [0, 0.1) is 0 Å². The highest BCUT2D eigenvalue weighted by Gasteiger charge is 2.45. The fourth-order valence-electron chi connectivity index (χ4n) is 3.18. The minimum absolute atomic E-state index is 0.0892. The first-order valence-electron chi connectivity index (χ1n) is 8.77. The largest absolute Gasteiger partial charge is 0.477 e. The summed E-state index contributed by atoms with van der Waals surface area (Å²) in [6.45, 7) is 3.12. The van der Waals surface area contributed by atoms with Gasteiger partial charge in [0.1, 0.15) is 0 Å². The van der Waals surface area contributed by atoms with Crippen molar-refractivity contribution in [1.82, 2.24) is 10.3 Å². The van der Waals surface area contributed by atoms with Gasteiger partial charge in [0.15, 0.2) is 0 Å². The van der Waals surface area contributed by atoms with Crippen molar-refractivity contribution in [3.63, 3.8) is 0 Å². The van der Waals surface area contributed by atoms with Gasteiger partial charge in [-0.1, -0.05) is 47.5 Å². The Morgan fingerprint density at radius 3 is 2.68 bits per heavy atom. The molecule has 1 heterocycles. The van der Waals surface area contributed by atoms with Gasteiger partial charge in [0.05, 0.1) is 12.0 Å². The van der Waals surface area contributed by atoms with Gasteiger partial charge in [-0.05, 0) is 43.0 Å². The number of carbonyl (C=O) groups excluding carboxylic acids is 1. The highest BCUT2D eigenvalue weighted by atomic mass is 79.9. The number of carbonyl (C=O) groups is 1. The number of rotatable bonds is 7. The lowest BCUT2D eigenvalue weighted by molar-refractivity contribution is -0.130. The molecule has 0 saturated heterocycles. The quantitative estimate of drug-likeness (QED) is 0.747. The number of nitrogens with one attached hydrogen (secondary N) is 1. The second-order valence-corrected chi connectivity index (χ2v) is 7.36. The predicted octanol–water partition coefficient (Wildman–Crippen LogP) is 4.37.